The Morgan fingerprint density at radius 2 is 1.73 bits per heavy atom. The van der Waals surface area contributed by atoms with Crippen LogP contribution in [0, 0.1) is 20.8 Å². The average molecular weight is 321 g/mol. The number of anilines is 1. The molecule has 0 radical (unpaired) electrons. The van der Waals surface area contributed by atoms with Gasteiger partial charge in [-0.15, -0.1) is 0 Å². The quantitative estimate of drug-likeness (QED) is 0.848. The second-order valence-corrected chi connectivity index (χ2v) is 6.72. The van der Waals surface area contributed by atoms with Gasteiger partial charge in [0.1, 0.15) is 11.5 Å². The van der Waals surface area contributed by atoms with E-state index in [1.165, 1.54) is 12.1 Å². The van der Waals surface area contributed by atoms with E-state index in [4.69, 9.17) is 4.74 Å². The predicted molar refractivity (Wildman–Crippen MR) is 86.1 cm³/mol. The van der Waals surface area contributed by atoms with Crippen LogP contribution in [0.25, 0.3) is 0 Å². The molecule has 0 heterocycles. The van der Waals surface area contributed by atoms with E-state index in [-0.39, 0.29) is 16.3 Å². The summed E-state index contributed by atoms with van der Waals surface area (Å²) < 4.78 is 33.1. The summed E-state index contributed by atoms with van der Waals surface area (Å²) in [4.78, 5) is 0.203. The Balaban J connectivity index is 2.56. The van der Waals surface area contributed by atoms with Crippen molar-refractivity contribution < 1.29 is 18.3 Å². The fraction of sp³-hybridized carbons (Fsp3) is 0.250. The number of ether oxygens (including phenoxy) is 1. The van der Waals surface area contributed by atoms with E-state index in [2.05, 4.69) is 4.72 Å². The van der Waals surface area contributed by atoms with Crippen LogP contribution in [-0.4, -0.2) is 20.6 Å². The third-order valence-electron chi connectivity index (χ3n) is 3.62. The monoisotopic (exact) mass is 321 g/mol. The maximum Gasteiger partial charge on any atom is 0.262 e. The Morgan fingerprint density at radius 1 is 1.09 bits per heavy atom. The van der Waals surface area contributed by atoms with Crippen LogP contribution in [0.1, 0.15) is 16.7 Å². The van der Waals surface area contributed by atoms with Crippen molar-refractivity contribution in [3.05, 3.63) is 47.0 Å². The van der Waals surface area contributed by atoms with Crippen LogP contribution in [0.15, 0.2) is 35.2 Å². The molecule has 2 aromatic rings. The highest BCUT2D eigenvalue weighted by Crippen LogP contribution is 2.32. The first kappa shape index (κ1) is 16.2. The van der Waals surface area contributed by atoms with Gasteiger partial charge in [-0.05, 0) is 55.7 Å². The lowest BCUT2D eigenvalue weighted by molar-refractivity contribution is 0.410. The van der Waals surface area contributed by atoms with Gasteiger partial charge in [-0.2, -0.15) is 0 Å². The van der Waals surface area contributed by atoms with Crippen molar-refractivity contribution in [2.75, 3.05) is 11.8 Å². The minimum absolute atomic E-state index is 0.119. The van der Waals surface area contributed by atoms with Gasteiger partial charge in [0.2, 0.25) is 0 Å². The van der Waals surface area contributed by atoms with Crippen molar-refractivity contribution >= 4 is 15.7 Å². The molecule has 0 bridgehead atoms. The minimum Gasteiger partial charge on any atom is -0.506 e. The maximum atomic E-state index is 12.7. The van der Waals surface area contributed by atoms with Gasteiger partial charge in [0.25, 0.3) is 10.0 Å². The van der Waals surface area contributed by atoms with Gasteiger partial charge >= 0.3 is 0 Å². The summed E-state index contributed by atoms with van der Waals surface area (Å²) >= 11 is 0. The Morgan fingerprint density at radius 3 is 2.32 bits per heavy atom. The molecular formula is C16H19NO4S. The Kier molecular flexibility index (Phi) is 4.32. The van der Waals surface area contributed by atoms with Crippen molar-refractivity contribution in [2.45, 2.75) is 25.7 Å². The highest BCUT2D eigenvalue weighted by molar-refractivity contribution is 7.92. The molecule has 2 N–H and O–H groups in total. The van der Waals surface area contributed by atoms with E-state index in [9.17, 15) is 13.5 Å². The number of methoxy groups -OCH3 is 1. The Bertz CT molecular complexity index is 813. The molecule has 0 amide bonds. The van der Waals surface area contributed by atoms with Crippen LogP contribution >= 0.6 is 0 Å². The molecule has 118 valence electrons. The van der Waals surface area contributed by atoms with Crippen LogP contribution in [0.4, 0.5) is 5.69 Å². The van der Waals surface area contributed by atoms with Crippen LogP contribution in [-0.2, 0) is 10.0 Å². The fourth-order valence-corrected chi connectivity index (χ4v) is 4.01. The summed E-state index contributed by atoms with van der Waals surface area (Å²) in [6.07, 6.45) is 0. The molecule has 0 unspecified atom stereocenters. The molecule has 2 aromatic carbocycles. The highest BCUT2D eigenvalue weighted by Gasteiger charge is 2.23. The van der Waals surface area contributed by atoms with Crippen molar-refractivity contribution in [2.24, 2.45) is 0 Å². The number of phenolic OH excluding ortho intramolecular Hbond substituents is 1. The molecule has 6 heteroatoms. The summed E-state index contributed by atoms with van der Waals surface area (Å²) in [6, 6.07) is 7.91. The number of nitrogens with one attached hydrogen (secondary N) is 1. The zero-order chi connectivity index (χ0) is 16.5. The minimum atomic E-state index is -3.81. The van der Waals surface area contributed by atoms with E-state index in [1.54, 1.807) is 39.2 Å². The Labute approximate surface area is 130 Å². The number of aryl methyl sites for hydroxylation is 1. The van der Waals surface area contributed by atoms with Crippen LogP contribution < -0.4 is 9.46 Å². The molecule has 0 aliphatic carbocycles. The molecule has 22 heavy (non-hydrogen) atoms. The molecule has 0 spiro atoms. The molecule has 0 atom stereocenters. The topological polar surface area (TPSA) is 75.6 Å². The molecule has 2 rings (SSSR count). The molecule has 0 aliphatic heterocycles. The predicted octanol–water partition coefficient (Wildman–Crippen LogP) is 3.13. The standard InChI is InChI=1S/C16H19NO4S/c1-10-9-15(21-4)11(2)12(3)16(10)22(19,20)17-13-7-5-6-8-14(13)18/h5-9,17-18H,1-4H3. The smallest absolute Gasteiger partial charge is 0.262 e. The molecule has 0 fully saturated rings. The van der Waals surface area contributed by atoms with E-state index >= 15 is 0 Å². The summed E-state index contributed by atoms with van der Waals surface area (Å²) in [6.45, 7) is 5.27. The van der Waals surface area contributed by atoms with E-state index in [1.807, 2.05) is 6.92 Å². The first-order valence-corrected chi connectivity index (χ1v) is 8.22. The molecule has 0 aromatic heterocycles. The second-order valence-electron chi connectivity index (χ2n) is 5.10. The zero-order valence-electron chi connectivity index (χ0n) is 13.0. The second kappa shape index (κ2) is 5.88. The molecule has 5 nitrogen and oxygen atoms in total. The van der Waals surface area contributed by atoms with Gasteiger partial charge in [0.05, 0.1) is 17.7 Å². The van der Waals surface area contributed by atoms with Crippen LogP contribution in [0.3, 0.4) is 0 Å². The van der Waals surface area contributed by atoms with Gasteiger partial charge in [0, 0.05) is 0 Å². The van der Waals surface area contributed by atoms with Crippen molar-refractivity contribution in [1.29, 1.82) is 0 Å². The average Bonchev–Trinajstić information content (AvgIpc) is 2.45. The van der Waals surface area contributed by atoms with E-state index < -0.39 is 10.0 Å². The number of hydrogen-bond donors (Lipinski definition) is 2. The van der Waals surface area contributed by atoms with Gasteiger partial charge in [-0.25, -0.2) is 8.42 Å². The fourth-order valence-electron chi connectivity index (χ4n) is 2.40. The third kappa shape index (κ3) is 2.87. The van der Waals surface area contributed by atoms with Crippen molar-refractivity contribution in [3.8, 4) is 11.5 Å². The van der Waals surface area contributed by atoms with Gasteiger partial charge < -0.3 is 9.84 Å². The number of benzene rings is 2. The number of rotatable bonds is 4. The lowest BCUT2D eigenvalue weighted by atomic mass is 10.1. The molecular weight excluding hydrogens is 302 g/mol. The summed E-state index contributed by atoms with van der Waals surface area (Å²) in [5.41, 5.74) is 2.13. The summed E-state index contributed by atoms with van der Waals surface area (Å²) in [5, 5.41) is 9.75. The lowest BCUT2D eigenvalue weighted by Crippen LogP contribution is -2.16. The number of para-hydroxylation sites is 2. The van der Waals surface area contributed by atoms with Crippen LogP contribution in [0.5, 0.6) is 11.5 Å². The summed E-state index contributed by atoms with van der Waals surface area (Å²) in [5.74, 6) is 0.531. The highest BCUT2D eigenvalue weighted by atomic mass is 32.2. The Hall–Kier alpha value is -2.21. The normalized spacial score (nSPS) is 11.3. The summed E-state index contributed by atoms with van der Waals surface area (Å²) in [7, 11) is -2.26. The number of phenols is 1. The molecule has 0 saturated heterocycles. The number of hydrogen-bond acceptors (Lipinski definition) is 4. The van der Waals surface area contributed by atoms with Crippen molar-refractivity contribution in [1.82, 2.24) is 0 Å². The van der Waals surface area contributed by atoms with Gasteiger partial charge in [-0.3, -0.25) is 4.72 Å². The first-order valence-electron chi connectivity index (χ1n) is 6.73. The maximum absolute atomic E-state index is 12.7. The number of aromatic hydroxyl groups is 1. The SMILES string of the molecule is COc1cc(C)c(S(=O)(=O)Nc2ccccc2O)c(C)c1C. The first-order chi connectivity index (χ1) is 10.3. The van der Waals surface area contributed by atoms with Gasteiger partial charge in [0.15, 0.2) is 0 Å². The molecule has 0 saturated carbocycles. The van der Waals surface area contributed by atoms with Crippen LogP contribution in [0.2, 0.25) is 0 Å². The van der Waals surface area contributed by atoms with E-state index in [0.717, 1.165) is 5.56 Å². The third-order valence-corrected chi connectivity index (χ3v) is 5.27. The molecule has 0 aliphatic rings. The largest absolute Gasteiger partial charge is 0.506 e. The van der Waals surface area contributed by atoms with E-state index in [0.29, 0.717) is 16.9 Å². The number of sulfonamides is 1. The zero-order valence-corrected chi connectivity index (χ0v) is 13.8. The lowest BCUT2D eigenvalue weighted by Gasteiger charge is -2.17. The van der Waals surface area contributed by atoms with Gasteiger partial charge in [-0.1, -0.05) is 12.1 Å². The van der Waals surface area contributed by atoms with Crippen molar-refractivity contribution in [3.63, 3.8) is 0 Å².